The molecule has 8 heteroatoms. The van der Waals surface area contributed by atoms with Gasteiger partial charge in [-0.2, -0.15) is 0 Å². The van der Waals surface area contributed by atoms with Crippen LogP contribution in [0.25, 0.3) is 11.5 Å². The Morgan fingerprint density at radius 3 is 2.65 bits per heavy atom. The predicted molar refractivity (Wildman–Crippen MR) is 66.3 cm³/mol. The van der Waals surface area contributed by atoms with Gasteiger partial charge in [0, 0.05) is 12.3 Å². The first-order valence-electron chi connectivity index (χ1n) is 5.74. The average molecular weight is 279 g/mol. The Morgan fingerprint density at radius 2 is 2.10 bits per heavy atom. The van der Waals surface area contributed by atoms with Crippen molar-refractivity contribution in [1.29, 1.82) is 0 Å². The van der Waals surface area contributed by atoms with Crippen molar-refractivity contribution in [2.24, 2.45) is 0 Å². The Morgan fingerprint density at radius 1 is 1.40 bits per heavy atom. The van der Waals surface area contributed by atoms with Crippen LogP contribution < -0.4 is 0 Å². The first kappa shape index (κ1) is 13.8. The van der Waals surface area contributed by atoms with Crippen molar-refractivity contribution in [3.05, 3.63) is 24.3 Å². The van der Waals surface area contributed by atoms with Gasteiger partial charge in [-0.3, -0.25) is 0 Å². The Bertz CT molecular complexity index is 650. The van der Waals surface area contributed by atoms with Gasteiger partial charge in [-0.05, 0) is 20.8 Å². The van der Waals surface area contributed by atoms with Gasteiger partial charge in [-0.1, -0.05) is 5.16 Å². The monoisotopic (exact) mass is 279 g/mol. The molecule has 0 unspecified atom stereocenters. The number of aromatic carboxylic acids is 1. The molecule has 0 spiro atoms. The first-order chi connectivity index (χ1) is 9.26. The van der Waals surface area contributed by atoms with Crippen LogP contribution >= 0.6 is 0 Å². The molecule has 0 aliphatic heterocycles. The third kappa shape index (κ3) is 3.02. The molecule has 1 N–H and O–H groups in total. The van der Waals surface area contributed by atoms with Crippen LogP contribution in [0.4, 0.5) is 4.79 Å². The van der Waals surface area contributed by atoms with Gasteiger partial charge in [0.1, 0.15) is 17.6 Å². The van der Waals surface area contributed by atoms with Crippen LogP contribution in [0.5, 0.6) is 0 Å². The van der Waals surface area contributed by atoms with Crippen LogP contribution in [0.2, 0.25) is 0 Å². The number of carboxylic acids is 1. The third-order valence-electron chi connectivity index (χ3n) is 2.17. The summed E-state index contributed by atoms with van der Waals surface area (Å²) in [6.07, 6.45) is 2.04. The van der Waals surface area contributed by atoms with Gasteiger partial charge >= 0.3 is 12.1 Å². The van der Waals surface area contributed by atoms with Crippen LogP contribution in [0.15, 0.2) is 23.1 Å². The van der Waals surface area contributed by atoms with Crippen molar-refractivity contribution in [2.75, 3.05) is 0 Å². The zero-order chi connectivity index (χ0) is 14.9. The fraction of sp³-hybridized carbons (Fsp3) is 0.333. The number of rotatable bonds is 2. The molecule has 0 radical (unpaired) electrons. The molecule has 0 atom stereocenters. The molecule has 2 heterocycles. The van der Waals surface area contributed by atoms with E-state index in [9.17, 15) is 9.59 Å². The van der Waals surface area contributed by atoms with E-state index in [1.165, 1.54) is 18.6 Å². The Labute approximate surface area is 114 Å². The Kier molecular flexibility index (Phi) is 3.31. The molecular weight excluding hydrogens is 266 g/mol. The zero-order valence-electron chi connectivity index (χ0n) is 11.2. The molecule has 0 aromatic carbocycles. The molecule has 0 saturated carbocycles. The summed E-state index contributed by atoms with van der Waals surface area (Å²) in [5.41, 5.74) is -0.563. The molecule has 0 bridgehead atoms. The summed E-state index contributed by atoms with van der Waals surface area (Å²) < 4.78 is 11.1. The van der Waals surface area contributed by atoms with Gasteiger partial charge in [-0.15, -0.1) is 0 Å². The van der Waals surface area contributed by atoms with Crippen LogP contribution in [0.3, 0.4) is 0 Å². The van der Waals surface area contributed by atoms with Gasteiger partial charge in [0.25, 0.3) is 0 Å². The second kappa shape index (κ2) is 4.80. The molecule has 0 aliphatic rings. The lowest BCUT2D eigenvalue weighted by atomic mass is 10.2. The molecule has 2 aromatic rings. The molecule has 8 nitrogen and oxygen atoms in total. The van der Waals surface area contributed by atoms with Crippen molar-refractivity contribution in [3.63, 3.8) is 0 Å². The number of imidazole rings is 1. The number of hydrogen-bond acceptors (Lipinski definition) is 6. The summed E-state index contributed by atoms with van der Waals surface area (Å²) in [6, 6.07) is 1.23. The number of carbonyl (C=O) groups excluding carboxylic acids is 1. The van der Waals surface area contributed by atoms with E-state index in [0.717, 1.165) is 4.57 Å². The van der Waals surface area contributed by atoms with E-state index in [0.29, 0.717) is 0 Å². The lowest BCUT2D eigenvalue weighted by Gasteiger charge is -2.18. The Hall–Kier alpha value is -2.64. The number of carbonyl (C=O) groups is 2. The van der Waals surface area contributed by atoms with Gasteiger partial charge in [-0.25, -0.2) is 19.1 Å². The minimum Gasteiger partial charge on any atom is -0.476 e. The number of nitrogens with zero attached hydrogens (tertiary/aromatic N) is 3. The summed E-state index contributed by atoms with van der Waals surface area (Å²) in [7, 11) is 0. The summed E-state index contributed by atoms with van der Waals surface area (Å²) in [5, 5.41) is 12.1. The highest BCUT2D eigenvalue weighted by atomic mass is 16.6. The van der Waals surface area contributed by atoms with Gasteiger partial charge in [0.05, 0.1) is 0 Å². The maximum absolute atomic E-state index is 11.8. The minimum absolute atomic E-state index is 0.157. The maximum atomic E-state index is 11.8. The quantitative estimate of drug-likeness (QED) is 0.895. The van der Waals surface area contributed by atoms with Crippen LogP contribution in [-0.2, 0) is 4.74 Å². The van der Waals surface area contributed by atoms with E-state index < -0.39 is 17.7 Å². The second-order valence-corrected chi connectivity index (χ2v) is 5.03. The van der Waals surface area contributed by atoms with Gasteiger partial charge in [0.15, 0.2) is 11.5 Å². The number of hydrogen-bond donors (Lipinski definition) is 1. The van der Waals surface area contributed by atoms with E-state index in [2.05, 4.69) is 10.1 Å². The molecule has 0 aliphatic carbocycles. The van der Waals surface area contributed by atoms with Gasteiger partial charge in [0.2, 0.25) is 0 Å². The van der Waals surface area contributed by atoms with E-state index in [1.807, 2.05) is 0 Å². The summed E-state index contributed by atoms with van der Waals surface area (Å²) in [5.74, 6) is -1.05. The Balaban J connectivity index is 2.20. The van der Waals surface area contributed by atoms with Crippen LogP contribution in [0, 0.1) is 0 Å². The first-order valence-corrected chi connectivity index (χ1v) is 5.74. The van der Waals surface area contributed by atoms with E-state index >= 15 is 0 Å². The van der Waals surface area contributed by atoms with E-state index in [4.69, 9.17) is 14.4 Å². The lowest BCUT2D eigenvalue weighted by Crippen LogP contribution is -2.26. The highest BCUT2D eigenvalue weighted by Crippen LogP contribution is 2.19. The van der Waals surface area contributed by atoms with Crippen molar-refractivity contribution >= 4 is 12.1 Å². The molecule has 0 fully saturated rings. The fourth-order valence-corrected chi connectivity index (χ4v) is 1.36. The average Bonchev–Trinajstić information content (AvgIpc) is 2.95. The summed E-state index contributed by atoms with van der Waals surface area (Å²) >= 11 is 0. The van der Waals surface area contributed by atoms with Crippen molar-refractivity contribution in [3.8, 4) is 11.5 Å². The zero-order valence-corrected chi connectivity index (χ0v) is 11.2. The van der Waals surface area contributed by atoms with Crippen LogP contribution in [-0.4, -0.2) is 37.5 Å². The van der Waals surface area contributed by atoms with Crippen molar-refractivity contribution < 1.29 is 24.0 Å². The topological polar surface area (TPSA) is 107 Å². The molecule has 106 valence electrons. The predicted octanol–water partition coefficient (Wildman–Crippen LogP) is 2.02. The highest BCUT2D eigenvalue weighted by Gasteiger charge is 2.19. The van der Waals surface area contributed by atoms with Crippen molar-refractivity contribution in [2.45, 2.75) is 26.4 Å². The molecular formula is C12H13N3O5. The van der Waals surface area contributed by atoms with Gasteiger partial charge < -0.3 is 14.4 Å². The number of aromatic nitrogens is 3. The minimum atomic E-state index is -1.20. The highest BCUT2D eigenvalue weighted by molar-refractivity contribution is 5.86. The third-order valence-corrected chi connectivity index (χ3v) is 2.17. The maximum Gasteiger partial charge on any atom is 0.419 e. The molecule has 20 heavy (non-hydrogen) atoms. The second-order valence-electron chi connectivity index (χ2n) is 5.03. The molecule has 2 aromatic heterocycles. The van der Waals surface area contributed by atoms with Crippen molar-refractivity contribution in [1.82, 2.24) is 14.7 Å². The number of ether oxygens (including phenoxy) is 1. The van der Waals surface area contributed by atoms with Crippen LogP contribution in [0.1, 0.15) is 31.3 Å². The smallest absolute Gasteiger partial charge is 0.419 e. The summed E-state index contributed by atoms with van der Waals surface area (Å²) in [6.45, 7) is 5.25. The summed E-state index contributed by atoms with van der Waals surface area (Å²) in [4.78, 5) is 26.4. The molecule has 2 rings (SSSR count). The SMILES string of the molecule is CC(C)(C)OC(=O)n1cnc(-c2cc(C(=O)O)no2)c1. The lowest BCUT2D eigenvalue weighted by molar-refractivity contribution is 0.0536. The molecule has 0 amide bonds. The van der Waals surface area contributed by atoms with E-state index in [1.54, 1.807) is 20.8 Å². The largest absolute Gasteiger partial charge is 0.476 e. The van der Waals surface area contributed by atoms with E-state index in [-0.39, 0.29) is 17.1 Å². The number of carboxylic acid groups (broad SMARTS) is 1. The molecule has 0 saturated heterocycles. The fourth-order valence-electron chi connectivity index (χ4n) is 1.36. The standard InChI is InChI=1S/C12H13N3O5/c1-12(2,3)19-11(18)15-5-8(13-6-15)9-4-7(10(16)17)14-20-9/h4-6H,1-3H3,(H,16,17). The normalized spacial score (nSPS) is 11.3.